The zero-order valence-corrected chi connectivity index (χ0v) is 16.6. The first-order valence-electron chi connectivity index (χ1n) is 9.62. The van der Waals surface area contributed by atoms with Crippen molar-refractivity contribution in [2.75, 3.05) is 0 Å². The van der Waals surface area contributed by atoms with Gasteiger partial charge in [0, 0.05) is 0 Å². The lowest BCUT2D eigenvalue weighted by Gasteiger charge is -2.13. The van der Waals surface area contributed by atoms with Gasteiger partial charge in [0.05, 0.1) is 0 Å². The molecule has 0 heteroatoms. The Balaban J connectivity index is 2.60. The Labute approximate surface area is 168 Å². The molecule has 0 fully saturated rings. The van der Waals surface area contributed by atoms with E-state index in [4.69, 9.17) is 0 Å². The van der Waals surface area contributed by atoms with Crippen molar-refractivity contribution in [1.82, 2.24) is 0 Å². The quantitative estimate of drug-likeness (QED) is 0.411. The highest BCUT2D eigenvalue weighted by atomic mass is 14.1. The highest BCUT2D eigenvalue weighted by Crippen LogP contribution is 2.34. The maximum absolute atomic E-state index is 3.93. The predicted octanol–water partition coefficient (Wildman–Crippen LogP) is 8.09. The van der Waals surface area contributed by atoms with E-state index in [9.17, 15) is 0 Å². The largest absolute Gasteiger partial charge is 0.0990 e. The van der Waals surface area contributed by atoms with Crippen LogP contribution in [0.3, 0.4) is 0 Å². The third-order valence-electron chi connectivity index (χ3n) is 4.64. The van der Waals surface area contributed by atoms with Crippen molar-refractivity contribution in [1.29, 1.82) is 0 Å². The average Bonchev–Trinajstić information content (AvgIpc) is 2.71. The van der Waals surface area contributed by atoms with E-state index in [1.807, 2.05) is 13.0 Å². The summed E-state index contributed by atoms with van der Waals surface area (Å²) < 4.78 is 0. The summed E-state index contributed by atoms with van der Waals surface area (Å²) in [5.41, 5.74) is 5.99. The average molecular weight is 363 g/mol. The van der Waals surface area contributed by atoms with Crippen LogP contribution in [-0.2, 0) is 0 Å². The molecule has 3 aromatic rings. The summed E-state index contributed by atoms with van der Waals surface area (Å²) in [4.78, 5) is 0. The Morgan fingerprint density at radius 2 is 1.50 bits per heavy atom. The van der Waals surface area contributed by atoms with Crippen LogP contribution in [0.5, 0.6) is 0 Å². The molecule has 0 aliphatic heterocycles. The second-order valence-electron chi connectivity index (χ2n) is 6.71. The van der Waals surface area contributed by atoms with Crippen LogP contribution in [0, 0.1) is 6.92 Å². The van der Waals surface area contributed by atoms with Crippen LogP contribution in [0.25, 0.3) is 27.5 Å². The lowest BCUT2D eigenvalue weighted by molar-refractivity contribution is 1.50. The number of allylic oxidation sites excluding steroid dienone is 5. The first-order valence-corrected chi connectivity index (χ1v) is 9.62. The highest BCUT2D eigenvalue weighted by Gasteiger charge is 2.10. The molecule has 0 saturated heterocycles. The molecule has 0 saturated carbocycles. The monoisotopic (exact) mass is 362 g/mol. The Morgan fingerprint density at radius 1 is 0.821 bits per heavy atom. The van der Waals surface area contributed by atoms with Crippen molar-refractivity contribution in [3.8, 4) is 11.1 Å². The number of hydrogen-bond acceptors (Lipinski definition) is 0. The third kappa shape index (κ3) is 4.47. The maximum Gasteiger partial charge on any atom is -0.00267 e. The van der Waals surface area contributed by atoms with Gasteiger partial charge in [-0.25, -0.2) is 0 Å². The van der Waals surface area contributed by atoms with Crippen molar-refractivity contribution in [2.24, 2.45) is 0 Å². The molecule has 0 spiro atoms. The first-order chi connectivity index (χ1) is 13.7. The summed E-state index contributed by atoms with van der Waals surface area (Å²) in [5.74, 6) is 0. The van der Waals surface area contributed by atoms with Gasteiger partial charge < -0.3 is 0 Å². The van der Waals surface area contributed by atoms with Crippen LogP contribution in [0.2, 0.25) is 0 Å². The van der Waals surface area contributed by atoms with E-state index in [1.54, 1.807) is 0 Å². The Kier molecular flexibility index (Phi) is 6.59. The standard InChI is InChI=1S/C28H26/c1-4-13-23(14-5-2)26-18-12-7-6-9-15-24-20-19-22(3)21-27(24)28(26)25-16-10-8-11-17-25/h4-21H,1H2,2-3H3/b7-6?,9-6?,12-7?,14-5-,15-9?,18-12?,23-13+,24-15?,26-18?,28-26?,28-27?. The topological polar surface area (TPSA) is 0 Å². The van der Waals surface area contributed by atoms with Gasteiger partial charge in [-0.15, -0.1) is 0 Å². The van der Waals surface area contributed by atoms with Crippen molar-refractivity contribution in [2.45, 2.75) is 13.8 Å². The van der Waals surface area contributed by atoms with E-state index in [-0.39, 0.29) is 0 Å². The zero-order chi connectivity index (χ0) is 19.8. The van der Waals surface area contributed by atoms with Crippen LogP contribution in [0.1, 0.15) is 18.1 Å². The smallest absolute Gasteiger partial charge is 0.00267 e. The summed E-state index contributed by atoms with van der Waals surface area (Å²) in [5, 5.41) is 2.44. The number of hydrogen-bond donors (Lipinski definition) is 0. The molecule has 0 unspecified atom stereocenters. The van der Waals surface area contributed by atoms with Gasteiger partial charge in [0.25, 0.3) is 0 Å². The van der Waals surface area contributed by atoms with Gasteiger partial charge in [0.2, 0.25) is 0 Å². The normalized spacial score (nSPS) is 11.4. The molecule has 3 aromatic carbocycles. The van der Waals surface area contributed by atoms with E-state index >= 15 is 0 Å². The van der Waals surface area contributed by atoms with Crippen molar-refractivity contribution in [3.05, 3.63) is 127 Å². The molecule has 0 radical (unpaired) electrons. The molecule has 28 heavy (non-hydrogen) atoms. The van der Waals surface area contributed by atoms with Crippen LogP contribution < -0.4 is 0 Å². The van der Waals surface area contributed by atoms with Gasteiger partial charge in [0.1, 0.15) is 0 Å². The summed E-state index contributed by atoms with van der Waals surface area (Å²) >= 11 is 0. The molecule has 0 atom stereocenters. The molecule has 0 aliphatic carbocycles. The Hall–Kier alpha value is -3.38. The fourth-order valence-corrected chi connectivity index (χ4v) is 3.40. The molecule has 0 bridgehead atoms. The van der Waals surface area contributed by atoms with Gasteiger partial charge in [-0.3, -0.25) is 0 Å². The molecular weight excluding hydrogens is 336 g/mol. The van der Waals surface area contributed by atoms with E-state index in [0.717, 1.165) is 5.57 Å². The minimum absolute atomic E-state index is 1.14. The molecule has 0 aliphatic rings. The minimum atomic E-state index is 1.14. The van der Waals surface area contributed by atoms with Crippen molar-refractivity contribution in [3.63, 3.8) is 0 Å². The molecule has 3 rings (SSSR count). The molecule has 138 valence electrons. The van der Waals surface area contributed by atoms with Crippen molar-refractivity contribution < 1.29 is 0 Å². The second-order valence-corrected chi connectivity index (χ2v) is 6.71. The molecule has 0 amide bonds. The van der Waals surface area contributed by atoms with Crippen LogP contribution in [0.15, 0.2) is 116 Å². The lowest BCUT2D eigenvalue weighted by atomic mass is 9.91. The number of aryl methyl sites for hydroxylation is 1. The molecule has 0 N–H and O–H groups in total. The summed E-state index contributed by atoms with van der Waals surface area (Å²) in [6.45, 7) is 8.12. The predicted molar refractivity (Wildman–Crippen MR) is 125 cm³/mol. The van der Waals surface area contributed by atoms with E-state index < -0.39 is 0 Å². The molecule has 0 nitrogen and oxygen atoms in total. The number of fused-ring (bicyclic) bond motifs is 1. The van der Waals surface area contributed by atoms with Gasteiger partial charge in [-0.05, 0) is 46.9 Å². The summed E-state index contributed by atoms with van der Waals surface area (Å²) in [6, 6.07) is 30.0. The first kappa shape index (κ1) is 19.4. The lowest BCUT2D eigenvalue weighted by Crippen LogP contribution is -1.89. The minimum Gasteiger partial charge on any atom is -0.0990 e. The van der Waals surface area contributed by atoms with E-state index in [1.165, 1.54) is 33.0 Å². The number of benzene rings is 2. The van der Waals surface area contributed by atoms with E-state index in [0.29, 0.717) is 0 Å². The SMILES string of the molecule is C=C/C=C(\C=C/C)c1ccccccc2ccc(C)cc2c1-c1ccccc1. The second kappa shape index (κ2) is 9.53. The highest BCUT2D eigenvalue weighted by molar-refractivity contribution is 6.01. The van der Waals surface area contributed by atoms with Gasteiger partial charge in [-0.2, -0.15) is 0 Å². The van der Waals surface area contributed by atoms with Crippen LogP contribution >= 0.6 is 0 Å². The maximum atomic E-state index is 3.93. The summed E-state index contributed by atoms with van der Waals surface area (Å²) in [6.07, 6.45) is 8.14. The fourth-order valence-electron chi connectivity index (χ4n) is 3.40. The number of rotatable bonds is 4. The van der Waals surface area contributed by atoms with Crippen LogP contribution in [0.4, 0.5) is 0 Å². The van der Waals surface area contributed by atoms with Gasteiger partial charge in [0.15, 0.2) is 0 Å². The fraction of sp³-hybridized carbons (Fsp3) is 0.0714. The molecular formula is C28H26. The van der Waals surface area contributed by atoms with Gasteiger partial charge >= 0.3 is 0 Å². The van der Waals surface area contributed by atoms with E-state index in [2.05, 4.69) is 117 Å². The van der Waals surface area contributed by atoms with Crippen molar-refractivity contribution >= 4 is 16.3 Å². The third-order valence-corrected chi connectivity index (χ3v) is 4.64. The molecule has 0 aromatic heterocycles. The Bertz CT molecular complexity index is 1080. The summed E-state index contributed by atoms with van der Waals surface area (Å²) in [7, 11) is 0. The Morgan fingerprint density at radius 3 is 2.21 bits per heavy atom. The zero-order valence-electron chi connectivity index (χ0n) is 16.6. The van der Waals surface area contributed by atoms with Crippen LogP contribution in [-0.4, -0.2) is 0 Å². The van der Waals surface area contributed by atoms with Gasteiger partial charge in [-0.1, -0.05) is 121 Å². The molecule has 0 heterocycles.